The maximum absolute atomic E-state index is 6.79. The Bertz CT molecular complexity index is 1070. The number of ether oxygens (including phenoxy) is 2. The zero-order valence-corrected chi connectivity index (χ0v) is 21.9. The van der Waals surface area contributed by atoms with Crippen LogP contribution in [-0.4, -0.2) is 44.0 Å². The summed E-state index contributed by atoms with van der Waals surface area (Å²) in [5.74, 6) is 1.04. The molecule has 0 bridgehead atoms. The summed E-state index contributed by atoms with van der Waals surface area (Å²) in [5.41, 5.74) is 7.92. The predicted molar refractivity (Wildman–Crippen MR) is 136 cm³/mol. The van der Waals surface area contributed by atoms with Crippen LogP contribution < -0.4 is 0 Å². The molecule has 0 amide bonds. The third-order valence-electron chi connectivity index (χ3n) is 8.21. The molecule has 5 rings (SSSR count). The number of hydrogen-bond acceptors (Lipinski definition) is 3. The van der Waals surface area contributed by atoms with E-state index in [1.807, 2.05) is 13.0 Å². The average molecular weight is 488 g/mol. The van der Waals surface area contributed by atoms with E-state index in [0.717, 1.165) is 40.9 Å². The lowest BCUT2D eigenvalue weighted by Gasteiger charge is -2.36. The molecule has 5 atom stereocenters. The van der Waals surface area contributed by atoms with Crippen LogP contribution in [0.1, 0.15) is 46.7 Å². The number of benzene rings is 2. The topological polar surface area (TPSA) is 21.7 Å². The van der Waals surface area contributed by atoms with Crippen molar-refractivity contribution in [1.82, 2.24) is 4.90 Å². The first-order valence-electron chi connectivity index (χ1n) is 12.2. The zero-order valence-electron chi connectivity index (χ0n) is 20.4. The molecule has 5 heteroatoms. The lowest BCUT2D eigenvalue weighted by atomic mass is 9.85. The van der Waals surface area contributed by atoms with Crippen molar-refractivity contribution in [3.05, 3.63) is 67.7 Å². The molecule has 3 fully saturated rings. The van der Waals surface area contributed by atoms with E-state index in [0.29, 0.717) is 12.0 Å². The van der Waals surface area contributed by atoms with Crippen molar-refractivity contribution in [1.29, 1.82) is 0 Å². The van der Waals surface area contributed by atoms with Gasteiger partial charge in [0.05, 0.1) is 12.7 Å². The van der Waals surface area contributed by atoms with E-state index in [4.69, 9.17) is 32.7 Å². The molecule has 0 aromatic heterocycles. The van der Waals surface area contributed by atoms with E-state index in [-0.39, 0.29) is 18.3 Å². The first-order valence-corrected chi connectivity index (χ1v) is 12.9. The molecule has 2 aliphatic heterocycles. The molecule has 178 valence electrons. The van der Waals surface area contributed by atoms with Crippen LogP contribution in [-0.2, 0) is 27.7 Å². The highest BCUT2D eigenvalue weighted by Gasteiger charge is 2.60. The monoisotopic (exact) mass is 487 g/mol. The first kappa shape index (κ1) is 23.6. The van der Waals surface area contributed by atoms with Gasteiger partial charge in [-0.2, -0.15) is 0 Å². The van der Waals surface area contributed by atoms with Gasteiger partial charge in [-0.15, -0.1) is 0 Å². The third-order valence-corrected chi connectivity index (χ3v) is 8.99. The van der Waals surface area contributed by atoms with Crippen LogP contribution in [0.2, 0.25) is 10.0 Å². The van der Waals surface area contributed by atoms with E-state index in [1.165, 1.54) is 40.8 Å². The Morgan fingerprint density at radius 1 is 1.03 bits per heavy atom. The molecule has 3 aliphatic rings. The van der Waals surface area contributed by atoms with Gasteiger partial charge in [-0.05, 0) is 105 Å². The number of fused-ring (bicyclic) bond motifs is 1. The summed E-state index contributed by atoms with van der Waals surface area (Å²) in [6.45, 7) is 11.4. The molecule has 3 unspecified atom stereocenters. The highest BCUT2D eigenvalue weighted by molar-refractivity contribution is 6.31. The predicted octanol–water partition coefficient (Wildman–Crippen LogP) is 6.28. The minimum atomic E-state index is -0.191. The van der Waals surface area contributed by atoms with Crippen LogP contribution in [0.25, 0.3) is 0 Å². The summed E-state index contributed by atoms with van der Waals surface area (Å²) in [5, 5.41) is 1.72. The molecule has 2 saturated heterocycles. The van der Waals surface area contributed by atoms with Gasteiger partial charge >= 0.3 is 0 Å². The summed E-state index contributed by atoms with van der Waals surface area (Å²) in [7, 11) is 2.23. The lowest BCUT2D eigenvalue weighted by molar-refractivity contribution is -0.226. The summed E-state index contributed by atoms with van der Waals surface area (Å²) >= 11 is 13.3. The molecule has 0 radical (unpaired) electrons. The van der Waals surface area contributed by atoms with Crippen LogP contribution in [0.3, 0.4) is 0 Å². The van der Waals surface area contributed by atoms with Crippen LogP contribution >= 0.6 is 23.2 Å². The van der Waals surface area contributed by atoms with E-state index >= 15 is 0 Å². The fourth-order valence-electron chi connectivity index (χ4n) is 6.30. The summed E-state index contributed by atoms with van der Waals surface area (Å²) in [4.78, 5) is 2.46. The number of aryl methyl sites for hydroxylation is 1. The Hall–Kier alpha value is -1.10. The second kappa shape index (κ2) is 8.84. The number of halogens is 2. The Balaban J connectivity index is 1.41. The van der Waals surface area contributed by atoms with Gasteiger partial charge in [0.2, 0.25) is 0 Å². The molecule has 0 N–H and O–H groups in total. The zero-order chi connectivity index (χ0) is 23.5. The van der Waals surface area contributed by atoms with Gasteiger partial charge in [-0.1, -0.05) is 35.3 Å². The SMILES string of the molecule is Cc1cc(Cl)c(C)c(C[C@@H]2CO[C@H](C)OC2Cc2cc(Cl)c(C)c(C34CC3CN(C)C4)c2)c1. The van der Waals surface area contributed by atoms with Crippen molar-refractivity contribution in [2.24, 2.45) is 11.8 Å². The molecule has 0 spiro atoms. The fourth-order valence-corrected chi connectivity index (χ4v) is 6.84. The van der Waals surface area contributed by atoms with Crippen molar-refractivity contribution in [3.8, 4) is 0 Å². The average Bonchev–Trinajstić information content (AvgIpc) is 3.31. The van der Waals surface area contributed by atoms with E-state index < -0.39 is 0 Å². The number of hydrogen-bond donors (Lipinski definition) is 0. The normalized spacial score (nSPS) is 31.6. The summed E-state index contributed by atoms with van der Waals surface area (Å²) in [6.07, 6.45) is 2.93. The molecule has 2 heterocycles. The van der Waals surface area contributed by atoms with Crippen LogP contribution in [0.5, 0.6) is 0 Å². The van der Waals surface area contributed by atoms with Crippen molar-refractivity contribution >= 4 is 23.2 Å². The number of likely N-dealkylation sites (tertiary alicyclic amines) is 1. The Morgan fingerprint density at radius 2 is 1.79 bits per heavy atom. The molecular weight excluding hydrogens is 453 g/mol. The van der Waals surface area contributed by atoms with Crippen molar-refractivity contribution in [2.75, 3.05) is 26.7 Å². The minimum Gasteiger partial charge on any atom is -0.353 e. The first-order chi connectivity index (χ1) is 15.7. The molecular formula is C28H35Cl2NO2. The van der Waals surface area contributed by atoms with E-state index in [2.05, 4.69) is 50.9 Å². The molecule has 1 saturated carbocycles. The fraction of sp³-hybridized carbons (Fsp3) is 0.571. The summed E-state index contributed by atoms with van der Waals surface area (Å²) < 4.78 is 12.3. The van der Waals surface area contributed by atoms with Gasteiger partial charge in [-0.3, -0.25) is 0 Å². The van der Waals surface area contributed by atoms with Gasteiger partial charge in [0.15, 0.2) is 6.29 Å². The largest absolute Gasteiger partial charge is 0.353 e. The van der Waals surface area contributed by atoms with Crippen molar-refractivity contribution < 1.29 is 9.47 Å². The van der Waals surface area contributed by atoms with E-state index in [1.54, 1.807) is 0 Å². The maximum Gasteiger partial charge on any atom is 0.155 e. The molecule has 2 aromatic carbocycles. The quantitative estimate of drug-likeness (QED) is 0.494. The second-order valence-electron chi connectivity index (χ2n) is 10.8. The van der Waals surface area contributed by atoms with Gasteiger partial charge < -0.3 is 14.4 Å². The highest BCUT2D eigenvalue weighted by atomic mass is 35.5. The third kappa shape index (κ3) is 4.48. The van der Waals surface area contributed by atoms with Crippen molar-refractivity contribution in [2.45, 2.75) is 64.8 Å². The Morgan fingerprint density at radius 3 is 2.52 bits per heavy atom. The molecule has 3 nitrogen and oxygen atoms in total. The minimum absolute atomic E-state index is 0.0813. The standard InChI is InChI=1S/C28H35Cl2NO2/c1-16-6-21(17(2)25(29)7-16)11-22-14-32-19(4)33-27(22)10-20-8-24(18(3)26(30)9-20)28-12-23(28)13-31(5)15-28/h6-9,19,22-23,27H,10-15H2,1-5H3/t19-,22+,23?,27?,28?/m0/s1. The number of nitrogens with zero attached hydrogens (tertiary/aromatic N) is 1. The van der Waals surface area contributed by atoms with Crippen molar-refractivity contribution in [3.63, 3.8) is 0 Å². The van der Waals surface area contributed by atoms with Crippen LogP contribution in [0.15, 0.2) is 24.3 Å². The smallest absolute Gasteiger partial charge is 0.155 e. The Kier molecular flexibility index (Phi) is 6.33. The number of rotatable bonds is 5. The van der Waals surface area contributed by atoms with Crippen LogP contribution in [0, 0.1) is 32.6 Å². The second-order valence-corrected chi connectivity index (χ2v) is 11.6. The maximum atomic E-state index is 6.79. The van der Waals surface area contributed by atoms with Gasteiger partial charge in [-0.25, -0.2) is 0 Å². The number of piperidine rings is 1. The Labute approximate surface area is 208 Å². The molecule has 2 aromatic rings. The summed E-state index contributed by atoms with van der Waals surface area (Å²) in [6, 6.07) is 8.87. The lowest BCUT2D eigenvalue weighted by Crippen LogP contribution is -2.41. The number of likely N-dealkylation sites (N-methyl/N-ethyl adjacent to an activating group) is 1. The van der Waals surface area contributed by atoms with Gasteiger partial charge in [0.1, 0.15) is 0 Å². The van der Waals surface area contributed by atoms with E-state index in [9.17, 15) is 0 Å². The highest BCUT2D eigenvalue weighted by Crippen LogP contribution is 2.60. The van der Waals surface area contributed by atoms with Gasteiger partial charge in [0.25, 0.3) is 0 Å². The van der Waals surface area contributed by atoms with Gasteiger partial charge in [0, 0.05) is 34.5 Å². The van der Waals surface area contributed by atoms with Crippen LogP contribution in [0.4, 0.5) is 0 Å². The molecule has 1 aliphatic carbocycles. The molecule has 33 heavy (non-hydrogen) atoms.